The fraction of sp³-hybridized carbons (Fsp3) is 0.286. The zero-order valence-corrected chi connectivity index (χ0v) is 12.9. The molecule has 0 amide bonds. The van der Waals surface area contributed by atoms with E-state index in [0.717, 1.165) is 19.3 Å². The molecule has 0 bridgehead atoms. The third-order valence-corrected chi connectivity index (χ3v) is 5.28. The van der Waals surface area contributed by atoms with Crippen LogP contribution < -0.4 is 0 Å². The lowest BCUT2D eigenvalue weighted by molar-refractivity contribution is -0.116. The highest BCUT2D eigenvalue weighted by molar-refractivity contribution is 6.00. The summed E-state index contributed by atoms with van der Waals surface area (Å²) in [4.78, 5) is 12.6. The largest absolute Gasteiger partial charge is 0.294 e. The van der Waals surface area contributed by atoms with Crippen LogP contribution >= 0.6 is 0 Å². The Morgan fingerprint density at radius 1 is 1.05 bits per heavy atom. The monoisotopic (exact) mass is 288 g/mol. The van der Waals surface area contributed by atoms with E-state index in [0.29, 0.717) is 11.7 Å². The van der Waals surface area contributed by atoms with Crippen molar-refractivity contribution < 1.29 is 4.79 Å². The first-order chi connectivity index (χ1) is 10.7. The van der Waals surface area contributed by atoms with E-state index in [1.807, 2.05) is 6.08 Å². The molecular formula is C21H20O. The predicted molar refractivity (Wildman–Crippen MR) is 89.0 cm³/mol. The number of hydrogen-bond donors (Lipinski definition) is 0. The molecule has 1 heteroatoms. The lowest BCUT2D eigenvalue weighted by Gasteiger charge is -2.29. The van der Waals surface area contributed by atoms with Crippen LogP contribution in [0.3, 0.4) is 0 Å². The number of hydrogen-bond acceptors (Lipinski definition) is 1. The summed E-state index contributed by atoms with van der Waals surface area (Å²) in [6.07, 6.45) is 5.05. The van der Waals surface area contributed by atoms with E-state index in [2.05, 4.69) is 55.5 Å². The van der Waals surface area contributed by atoms with Crippen molar-refractivity contribution >= 4 is 5.78 Å². The van der Waals surface area contributed by atoms with Crippen LogP contribution in [0.1, 0.15) is 34.6 Å². The highest BCUT2D eigenvalue weighted by Gasteiger charge is 2.40. The Balaban J connectivity index is 1.67. The smallest absolute Gasteiger partial charge is 0.163 e. The van der Waals surface area contributed by atoms with Crippen molar-refractivity contribution in [3.8, 4) is 0 Å². The molecule has 0 radical (unpaired) electrons. The molecule has 0 N–H and O–H groups in total. The molecule has 0 saturated carbocycles. The van der Waals surface area contributed by atoms with E-state index >= 15 is 0 Å². The fourth-order valence-electron chi connectivity index (χ4n) is 4.10. The summed E-state index contributed by atoms with van der Waals surface area (Å²) in [5.41, 5.74) is 6.62. The molecule has 0 aliphatic heterocycles. The average Bonchev–Trinajstić information content (AvgIpc) is 2.86. The molecule has 0 saturated heterocycles. The minimum absolute atomic E-state index is 0.0731. The third kappa shape index (κ3) is 2.12. The normalized spacial score (nSPS) is 23.0. The number of allylic oxidation sites excluding steroid dienone is 2. The Labute approximate surface area is 131 Å². The summed E-state index contributed by atoms with van der Waals surface area (Å²) in [6.45, 7) is 2.15. The van der Waals surface area contributed by atoms with E-state index in [1.165, 1.54) is 27.8 Å². The van der Waals surface area contributed by atoms with Crippen molar-refractivity contribution in [1.29, 1.82) is 0 Å². The maximum absolute atomic E-state index is 12.6. The van der Waals surface area contributed by atoms with Crippen molar-refractivity contribution in [3.63, 3.8) is 0 Å². The second-order valence-electron chi connectivity index (χ2n) is 6.55. The lowest BCUT2D eigenvalue weighted by atomic mass is 9.73. The van der Waals surface area contributed by atoms with Gasteiger partial charge in [-0.2, -0.15) is 0 Å². The summed E-state index contributed by atoms with van der Waals surface area (Å²) in [7, 11) is 0. The summed E-state index contributed by atoms with van der Waals surface area (Å²) < 4.78 is 0. The molecule has 0 fully saturated rings. The molecule has 2 aromatic rings. The van der Waals surface area contributed by atoms with Crippen LogP contribution in [0.5, 0.6) is 0 Å². The number of aryl methyl sites for hydroxylation is 2. The zero-order valence-electron chi connectivity index (χ0n) is 12.9. The van der Waals surface area contributed by atoms with E-state index in [4.69, 9.17) is 0 Å². The standard InChI is InChI=1S/C21H20O/c1-14-6-2-3-8-16(14)12-17-13-20(22)21-18-9-5-4-7-15(18)10-11-19(17)21/h2-9,13,19,21H,10-12H2,1H3/t19-,21-/m0/s1. The van der Waals surface area contributed by atoms with Gasteiger partial charge < -0.3 is 0 Å². The molecule has 0 spiro atoms. The number of rotatable bonds is 2. The van der Waals surface area contributed by atoms with Gasteiger partial charge in [-0.25, -0.2) is 0 Å². The Morgan fingerprint density at radius 2 is 1.82 bits per heavy atom. The highest BCUT2D eigenvalue weighted by Crippen LogP contribution is 2.45. The minimum Gasteiger partial charge on any atom is -0.294 e. The van der Waals surface area contributed by atoms with E-state index in [1.54, 1.807) is 0 Å². The van der Waals surface area contributed by atoms with Gasteiger partial charge in [0, 0.05) is 0 Å². The van der Waals surface area contributed by atoms with Crippen LogP contribution in [0.25, 0.3) is 0 Å². The molecule has 0 aromatic heterocycles. The Hall–Kier alpha value is -2.15. The first-order valence-corrected chi connectivity index (χ1v) is 8.10. The van der Waals surface area contributed by atoms with Gasteiger partial charge in [0.05, 0.1) is 5.92 Å². The molecule has 0 unspecified atom stereocenters. The lowest BCUT2D eigenvalue weighted by Crippen LogP contribution is -2.22. The van der Waals surface area contributed by atoms with Gasteiger partial charge in [0.25, 0.3) is 0 Å². The quantitative estimate of drug-likeness (QED) is 0.801. The van der Waals surface area contributed by atoms with E-state index in [9.17, 15) is 4.79 Å². The maximum Gasteiger partial charge on any atom is 0.163 e. The van der Waals surface area contributed by atoms with Gasteiger partial charge in [0.2, 0.25) is 0 Å². The molecule has 2 aliphatic carbocycles. The van der Waals surface area contributed by atoms with Crippen LogP contribution in [-0.4, -0.2) is 5.78 Å². The Kier molecular flexibility index (Phi) is 3.22. The number of carbonyl (C=O) groups is 1. The van der Waals surface area contributed by atoms with Gasteiger partial charge in [0.1, 0.15) is 0 Å². The Bertz CT molecular complexity index is 769. The van der Waals surface area contributed by atoms with Gasteiger partial charge >= 0.3 is 0 Å². The van der Waals surface area contributed by atoms with Crippen molar-refractivity contribution in [3.05, 3.63) is 82.4 Å². The highest BCUT2D eigenvalue weighted by atomic mass is 16.1. The number of benzene rings is 2. The summed E-state index contributed by atoms with van der Waals surface area (Å²) in [6, 6.07) is 17.0. The number of ketones is 1. The van der Waals surface area contributed by atoms with Gasteiger partial charge in [-0.05, 0) is 60.4 Å². The first-order valence-electron chi connectivity index (χ1n) is 8.10. The predicted octanol–water partition coefficient (Wildman–Crippen LogP) is 4.39. The van der Waals surface area contributed by atoms with E-state index in [-0.39, 0.29) is 5.92 Å². The molecular weight excluding hydrogens is 268 g/mol. The summed E-state index contributed by atoms with van der Waals surface area (Å²) >= 11 is 0. The average molecular weight is 288 g/mol. The molecule has 2 aromatic carbocycles. The van der Waals surface area contributed by atoms with Crippen LogP contribution in [0, 0.1) is 12.8 Å². The van der Waals surface area contributed by atoms with Gasteiger partial charge in [-0.1, -0.05) is 54.1 Å². The molecule has 2 atom stereocenters. The van der Waals surface area contributed by atoms with Crippen molar-refractivity contribution in [2.24, 2.45) is 5.92 Å². The molecule has 1 nitrogen and oxygen atoms in total. The van der Waals surface area contributed by atoms with Gasteiger partial charge in [-0.3, -0.25) is 4.79 Å². The molecule has 110 valence electrons. The van der Waals surface area contributed by atoms with Gasteiger partial charge in [-0.15, -0.1) is 0 Å². The van der Waals surface area contributed by atoms with Crippen LogP contribution in [0.4, 0.5) is 0 Å². The number of fused-ring (bicyclic) bond motifs is 3. The van der Waals surface area contributed by atoms with Crippen molar-refractivity contribution in [2.75, 3.05) is 0 Å². The second kappa shape index (κ2) is 5.24. The van der Waals surface area contributed by atoms with E-state index < -0.39 is 0 Å². The number of carbonyl (C=O) groups excluding carboxylic acids is 1. The molecule has 22 heavy (non-hydrogen) atoms. The third-order valence-electron chi connectivity index (χ3n) is 5.28. The Morgan fingerprint density at radius 3 is 2.68 bits per heavy atom. The molecule has 4 rings (SSSR count). The second-order valence-corrected chi connectivity index (χ2v) is 6.55. The first kappa shape index (κ1) is 13.5. The molecule has 2 aliphatic rings. The zero-order chi connectivity index (χ0) is 15.1. The molecule has 0 heterocycles. The van der Waals surface area contributed by atoms with Crippen LogP contribution in [0.2, 0.25) is 0 Å². The van der Waals surface area contributed by atoms with Crippen LogP contribution in [0.15, 0.2) is 60.2 Å². The minimum atomic E-state index is 0.0731. The van der Waals surface area contributed by atoms with Gasteiger partial charge in [0.15, 0.2) is 5.78 Å². The fourth-order valence-corrected chi connectivity index (χ4v) is 4.10. The van der Waals surface area contributed by atoms with Crippen molar-refractivity contribution in [1.82, 2.24) is 0 Å². The summed E-state index contributed by atoms with van der Waals surface area (Å²) in [5, 5.41) is 0. The SMILES string of the molecule is Cc1ccccc1CC1=CC(=O)[C@H]2c3ccccc3CC[C@@H]12. The van der Waals surface area contributed by atoms with Crippen molar-refractivity contribution in [2.45, 2.75) is 32.1 Å². The topological polar surface area (TPSA) is 17.1 Å². The van der Waals surface area contributed by atoms with Crippen LogP contribution in [-0.2, 0) is 17.6 Å². The maximum atomic E-state index is 12.6. The summed E-state index contributed by atoms with van der Waals surface area (Å²) in [5.74, 6) is 0.784.